The fourth-order valence-electron chi connectivity index (χ4n) is 5.36. The first-order chi connectivity index (χ1) is 19.9. The lowest BCUT2D eigenvalue weighted by atomic mass is 10.0. The van der Waals surface area contributed by atoms with E-state index in [4.69, 9.17) is 9.47 Å². The van der Waals surface area contributed by atoms with Crippen LogP contribution in [0.3, 0.4) is 0 Å². The van der Waals surface area contributed by atoms with E-state index in [0.717, 1.165) is 17.5 Å². The van der Waals surface area contributed by atoms with E-state index in [1.54, 1.807) is 21.8 Å². The predicted molar refractivity (Wildman–Crippen MR) is 152 cm³/mol. The minimum atomic E-state index is -0.443. The summed E-state index contributed by atoms with van der Waals surface area (Å²) < 4.78 is 14.2. The van der Waals surface area contributed by atoms with Gasteiger partial charge in [-0.15, -0.1) is 0 Å². The number of nitrogens with zero attached hydrogens (tertiary/aromatic N) is 4. The maximum atomic E-state index is 13.5. The number of amides is 3. The van der Waals surface area contributed by atoms with Crippen molar-refractivity contribution in [3.63, 3.8) is 0 Å². The summed E-state index contributed by atoms with van der Waals surface area (Å²) in [6.45, 7) is 5.97. The predicted octanol–water partition coefficient (Wildman–Crippen LogP) is 3.41. The fourth-order valence-corrected chi connectivity index (χ4v) is 5.36. The molecule has 2 atom stereocenters. The molecule has 1 aromatic heterocycles. The standard InChI is InChI=1S/C31H37N5O5/c1-3-14-36-27(11-13-32-36)31(39)35-15-12-28-26(19-35)33-29(37)20-34(4-2)30(38)18-22-7-5-9-24(16-22)41-25-10-6-8-23(17-25)21-40-28/h5-11,13,16-17,26,28H,3-4,12,14-15,18-21H2,1-2H3,(H,33,37)/t26-,28-/m0/s1. The zero-order chi connectivity index (χ0) is 28.8. The molecule has 216 valence electrons. The van der Waals surface area contributed by atoms with E-state index < -0.39 is 6.04 Å². The summed E-state index contributed by atoms with van der Waals surface area (Å²) in [5.74, 6) is 0.749. The number of carbonyl (C=O) groups is 3. The molecule has 1 N–H and O–H groups in total. The minimum absolute atomic E-state index is 0.0766. The van der Waals surface area contributed by atoms with Gasteiger partial charge in [-0.05, 0) is 61.2 Å². The van der Waals surface area contributed by atoms with Gasteiger partial charge in [-0.2, -0.15) is 5.10 Å². The van der Waals surface area contributed by atoms with Gasteiger partial charge in [-0.25, -0.2) is 0 Å². The Morgan fingerprint density at radius 3 is 2.56 bits per heavy atom. The van der Waals surface area contributed by atoms with Gasteiger partial charge in [0.1, 0.15) is 17.2 Å². The van der Waals surface area contributed by atoms with Gasteiger partial charge in [0.25, 0.3) is 5.91 Å². The molecule has 0 radical (unpaired) electrons. The Hall–Kier alpha value is -4.18. The number of piperidine rings is 1. The minimum Gasteiger partial charge on any atom is -0.457 e. The molecule has 2 aromatic carbocycles. The van der Waals surface area contributed by atoms with Gasteiger partial charge < -0.3 is 24.6 Å². The highest BCUT2D eigenvalue weighted by molar-refractivity contribution is 5.92. The van der Waals surface area contributed by atoms with Gasteiger partial charge in [0, 0.05) is 32.4 Å². The van der Waals surface area contributed by atoms with Crippen LogP contribution in [0, 0.1) is 0 Å². The highest BCUT2D eigenvalue weighted by Gasteiger charge is 2.35. The highest BCUT2D eigenvalue weighted by Crippen LogP contribution is 2.25. The number of aryl methyl sites for hydroxylation is 1. The molecular formula is C31H37N5O5. The third kappa shape index (κ3) is 6.94. The SMILES string of the molecule is CCCn1nccc1C(=O)N1CC[C@@H]2OCc3cccc(c3)Oc3cccc(c3)CC(=O)N(CC)CC(=O)N[C@H]2C1. The smallest absolute Gasteiger partial charge is 0.272 e. The van der Waals surface area contributed by atoms with Gasteiger partial charge in [0.2, 0.25) is 11.8 Å². The van der Waals surface area contributed by atoms with Crippen molar-refractivity contribution in [3.8, 4) is 11.5 Å². The van der Waals surface area contributed by atoms with E-state index in [9.17, 15) is 14.4 Å². The normalized spacial score (nSPS) is 20.0. The van der Waals surface area contributed by atoms with Crippen molar-refractivity contribution in [1.82, 2.24) is 24.9 Å². The van der Waals surface area contributed by atoms with E-state index >= 15 is 0 Å². The molecule has 1 saturated heterocycles. The Morgan fingerprint density at radius 1 is 1.05 bits per heavy atom. The molecule has 0 saturated carbocycles. The first kappa shape index (κ1) is 28.4. The molecule has 0 unspecified atom stereocenters. The molecule has 3 amide bonds. The van der Waals surface area contributed by atoms with E-state index in [1.165, 1.54) is 4.90 Å². The summed E-state index contributed by atoms with van der Waals surface area (Å²) >= 11 is 0. The van der Waals surface area contributed by atoms with Crippen molar-refractivity contribution in [2.24, 2.45) is 0 Å². The second-order valence-corrected chi connectivity index (χ2v) is 10.5. The van der Waals surface area contributed by atoms with Gasteiger partial charge >= 0.3 is 0 Å². The van der Waals surface area contributed by atoms with Crippen LogP contribution in [-0.4, -0.2) is 75.6 Å². The lowest BCUT2D eigenvalue weighted by Gasteiger charge is -2.39. The second-order valence-electron chi connectivity index (χ2n) is 10.5. The number of likely N-dealkylation sites (tertiary alicyclic amines) is 1. The maximum absolute atomic E-state index is 13.5. The van der Waals surface area contributed by atoms with Crippen molar-refractivity contribution in [2.75, 3.05) is 26.2 Å². The number of rotatable bonds is 4. The first-order valence-electron chi connectivity index (χ1n) is 14.3. The van der Waals surface area contributed by atoms with E-state index in [2.05, 4.69) is 10.4 Å². The number of ether oxygens (including phenoxy) is 2. The number of nitrogens with one attached hydrogen (secondary N) is 1. The van der Waals surface area contributed by atoms with Crippen LogP contribution in [0.4, 0.5) is 0 Å². The van der Waals surface area contributed by atoms with Crippen molar-refractivity contribution in [1.29, 1.82) is 0 Å². The van der Waals surface area contributed by atoms with Gasteiger partial charge in [-0.1, -0.05) is 31.2 Å². The van der Waals surface area contributed by atoms with Crippen LogP contribution in [0.5, 0.6) is 11.5 Å². The second kappa shape index (κ2) is 13.0. The molecule has 10 heteroatoms. The highest BCUT2D eigenvalue weighted by atomic mass is 16.5. The topological polar surface area (TPSA) is 106 Å². The van der Waals surface area contributed by atoms with Crippen molar-refractivity contribution < 1.29 is 23.9 Å². The van der Waals surface area contributed by atoms with Crippen LogP contribution >= 0.6 is 0 Å². The molecule has 4 bridgehead atoms. The van der Waals surface area contributed by atoms with Crippen LogP contribution in [0.1, 0.15) is 48.3 Å². The van der Waals surface area contributed by atoms with Crippen LogP contribution in [0.15, 0.2) is 60.8 Å². The van der Waals surface area contributed by atoms with Crippen LogP contribution in [0.25, 0.3) is 0 Å². The molecule has 41 heavy (non-hydrogen) atoms. The van der Waals surface area contributed by atoms with Crippen LogP contribution < -0.4 is 10.1 Å². The molecule has 3 aromatic rings. The Balaban J connectivity index is 1.39. The first-order valence-corrected chi connectivity index (χ1v) is 14.3. The van der Waals surface area contributed by atoms with Gasteiger partial charge in [0.05, 0.1) is 31.7 Å². The number of fused-ring (bicyclic) bond motifs is 5. The van der Waals surface area contributed by atoms with Crippen LogP contribution in [0.2, 0.25) is 0 Å². The fraction of sp³-hybridized carbons (Fsp3) is 0.419. The summed E-state index contributed by atoms with van der Waals surface area (Å²) in [4.78, 5) is 43.2. The zero-order valence-electron chi connectivity index (χ0n) is 23.6. The van der Waals surface area contributed by atoms with E-state index in [1.807, 2.05) is 62.4 Å². The molecule has 0 aliphatic carbocycles. The summed E-state index contributed by atoms with van der Waals surface area (Å²) in [6.07, 6.45) is 2.89. The average Bonchev–Trinajstić information content (AvgIpc) is 3.43. The molecule has 2 aliphatic heterocycles. The number of aromatic nitrogens is 2. The lowest BCUT2D eigenvalue weighted by molar-refractivity contribution is -0.136. The largest absolute Gasteiger partial charge is 0.457 e. The third-order valence-corrected chi connectivity index (χ3v) is 7.47. The van der Waals surface area contributed by atoms with Crippen molar-refractivity contribution >= 4 is 17.7 Å². The Kier molecular flexibility index (Phi) is 8.98. The molecule has 2 aliphatic rings. The molecular weight excluding hydrogens is 522 g/mol. The summed E-state index contributed by atoms with van der Waals surface area (Å²) in [7, 11) is 0. The van der Waals surface area contributed by atoms with Gasteiger partial charge in [0.15, 0.2) is 0 Å². The zero-order valence-corrected chi connectivity index (χ0v) is 23.6. The molecule has 5 rings (SSSR count). The maximum Gasteiger partial charge on any atom is 0.272 e. The molecule has 1 fully saturated rings. The quantitative estimate of drug-likeness (QED) is 0.525. The van der Waals surface area contributed by atoms with Crippen molar-refractivity contribution in [3.05, 3.63) is 77.6 Å². The van der Waals surface area contributed by atoms with Crippen molar-refractivity contribution in [2.45, 2.75) is 58.4 Å². The summed E-state index contributed by atoms with van der Waals surface area (Å²) in [5.41, 5.74) is 2.27. The summed E-state index contributed by atoms with van der Waals surface area (Å²) in [6, 6.07) is 16.4. The van der Waals surface area contributed by atoms with E-state index in [0.29, 0.717) is 56.4 Å². The molecule has 3 heterocycles. The van der Waals surface area contributed by atoms with Gasteiger partial charge in [-0.3, -0.25) is 19.1 Å². The van der Waals surface area contributed by atoms with E-state index in [-0.39, 0.29) is 36.8 Å². The Labute approximate surface area is 240 Å². The Morgan fingerprint density at radius 2 is 1.80 bits per heavy atom. The number of hydrogen-bond donors (Lipinski definition) is 1. The summed E-state index contributed by atoms with van der Waals surface area (Å²) in [5, 5.41) is 7.38. The number of carbonyl (C=O) groups excluding carboxylic acids is 3. The number of benzene rings is 2. The average molecular weight is 560 g/mol. The van der Waals surface area contributed by atoms with Crippen LogP contribution in [-0.2, 0) is 33.9 Å². The number of likely N-dealkylation sites (N-methyl/N-ethyl adjacent to an activating group) is 1. The third-order valence-electron chi connectivity index (χ3n) is 7.47. The lowest BCUT2D eigenvalue weighted by Crippen LogP contribution is -2.58. The Bertz CT molecular complexity index is 1390. The molecule has 10 nitrogen and oxygen atoms in total. The molecule has 0 spiro atoms. The monoisotopic (exact) mass is 559 g/mol. The number of hydrogen-bond acceptors (Lipinski definition) is 6.